The molecule has 0 radical (unpaired) electrons. The van der Waals surface area contributed by atoms with Gasteiger partial charge in [-0.05, 0) is 42.8 Å². The fourth-order valence-corrected chi connectivity index (χ4v) is 3.46. The largest absolute Gasteiger partial charge is 0.484 e. The second-order valence-electron chi connectivity index (χ2n) is 7.67. The van der Waals surface area contributed by atoms with E-state index in [0.717, 1.165) is 11.1 Å². The van der Waals surface area contributed by atoms with Crippen molar-refractivity contribution in [3.63, 3.8) is 0 Å². The van der Waals surface area contributed by atoms with Crippen LogP contribution in [0.4, 0.5) is 10.3 Å². The first-order valence-corrected chi connectivity index (χ1v) is 10.6. The number of aryl methyl sites for hydroxylation is 1. The summed E-state index contributed by atoms with van der Waals surface area (Å²) in [5.74, 6) is 0.942. The van der Waals surface area contributed by atoms with Crippen LogP contribution in [-0.2, 0) is 4.79 Å². The number of ether oxygens (including phenoxy) is 1. The minimum atomic E-state index is -0.309. The van der Waals surface area contributed by atoms with Crippen LogP contribution < -0.4 is 9.64 Å². The van der Waals surface area contributed by atoms with E-state index >= 15 is 0 Å². The zero-order valence-corrected chi connectivity index (χ0v) is 18.2. The van der Waals surface area contributed by atoms with Crippen molar-refractivity contribution in [3.8, 4) is 11.8 Å². The molecule has 1 aliphatic heterocycles. The lowest BCUT2D eigenvalue weighted by Gasteiger charge is -2.34. The highest BCUT2D eigenvalue weighted by Gasteiger charge is 2.26. The molecule has 2 heterocycles. The van der Waals surface area contributed by atoms with Gasteiger partial charge in [-0.15, -0.1) is 0 Å². The molecule has 0 saturated carbocycles. The number of aromatic nitrogens is 1. The molecule has 1 saturated heterocycles. The number of nitriles is 1. The lowest BCUT2D eigenvalue weighted by atomic mass is 10.2. The average Bonchev–Trinajstić information content (AvgIpc) is 3.26. The molecule has 1 aliphatic rings. The Bertz CT molecular complexity index is 1170. The first-order valence-electron chi connectivity index (χ1n) is 10.6. The van der Waals surface area contributed by atoms with Crippen LogP contribution in [0.1, 0.15) is 22.7 Å². The van der Waals surface area contributed by atoms with Gasteiger partial charge in [0.25, 0.3) is 5.91 Å². The minimum Gasteiger partial charge on any atom is -0.484 e. The van der Waals surface area contributed by atoms with Gasteiger partial charge in [-0.1, -0.05) is 29.8 Å². The Morgan fingerprint density at radius 1 is 1.12 bits per heavy atom. The SMILES string of the molecule is Cc1ccc(OCC(=O)N2CCN(c3oc(C=Cc4ccc(F)cc4)nc3C#N)CC2)cc1. The van der Waals surface area contributed by atoms with Crippen LogP contribution in [0.15, 0.2) is 52.9 Å². The second-order valence-corrected chi connectivity index (χ2v) is 7.67. The number of rotatable bonds is 6. The van der Waals surface area contributed by atoms with Crippen molar-refractivity contribution in [1.82, 2.24) is 9.88 Å². The van der Waals surface area contributed by atoms with Gasteiger partial charge < -0.3 is 19.0 Å². The summed E-state index contributed by atoms with van der Waals surface area (Å²) in [7, 11) is 0. The molecular formula is C25H23FN4O3. The number of hydrogen-bond donors (Lipinski definition) is 0. The first-order chi connectivity index (χ1) is 16.0. The van der Waals surface area contributed by atoms with E-state index in [1.54, 1.807) is 29.2 Å². The van der Waals surface area contributed by atoms with E-state index < -0.39 is 0 Å². The molecule has 168 valence electrons. The van der Waals surface area contributed by atoms with Gasteiger partial charge >= 0.3 is 0 Å². The van der Waals surface area contributed by atoms with E-state index in [1.807, 2.05) is 36.1 Å². The number of nitrogens with zero attached hydrogens (tertiary/aromatic N) is 4. The topological polar surface area (TPSA) is 82.6 Å². The highest BCUT2D eigenvalue weighted by Crippen LogP contribution is 2.24. The highest BCUT2D eigenvalue weighted by molar-refractivity contribution is 5.78. The van der Waals surface area contributed by atoms with Gasteiger partial charge in [-0.25, -0.2) is 4.39 Å². The zero-order valence-electron chi connectivity index (χ0n) is 18.2. The summed E-state index contributed by atoms with van der Waals surface area (Å²) in [6, 6.07) is 15.6. The van der Waals surface area contributed by atoms with Crippen LogP contribution in [0.25, 0.3) is 12.2 Å². The number of oxazole rings is 1. The van der Waals surface area contributed by atoms with E-state index in [-0.39, 0.29) is 29.9 Å². The molecule has 1 aromatic heterocycles. The summed E-state index contributed by atoms with van der Waals surface area (Å²) in [4.78, 5) is 20.4. The van der Waals surface area contributed by atoms with E-state index in [0.29, 0.717) is 37.8 Å². The summed E-state index contributed by atoms with van der Waals surface area (Å²) >= 11 is 0. The Morgan fingerprint density at radius 2 is 1.82 bits per heavy atom. The number of carbonyl (C=O) groups excluding carboxylic acids is 1. The normalized spacial score (nSPS) is 13.8. The number of carbonyl (C=O) groups is 1. The molecule has 0 aliphatic carbocycles. The zero-order chi connectivity index (χ0) is 23.2. The maximum Gasteiger partial charge on any atom is 0.260 e. The van der Waals surface area contributed by atoms with E-state index in [1.165, 1.54) is 12.1 Å². The fourth-order valence-electron chi connectivity index (χ4n) is 3.46. The standard InChI is InChI=1S/C25H23FN4O3/c1-18-2-9-21(10-3-18)32-17-24(31)29-12-14-30(15-13-29)25-22(16-27)28-23(33-25)11-6-19-4-7-20(26)8-5-19/h2-11H,12-15,17H2,1H3. The second kappa shape index (κ2) is 10.0. The number of amides is 1. The van der Waals surface area contributed by atoms with Crippen molar-refractivity contribution in [2.75, 3.05) is 37.7 Å². The summed E-state index contributed by atoms with van der Waals surface area (Å²) in [6.45, 7) is 3.98. The lowest BCUT2D eigenvalue weighted by Crippen LogP contribution is -2.50. The van der Waals surface area contributed by atoms with E-state index in [2.05, 4.69) is 11.1 Å². The van der Waals surface area contributed by atoms with Crippen LogP contribution in [-0.4, -0.2) is 48.6 Å². The molecule has 3 aromatic rings. The third-order valence-electron chi connectivity index (χ3n) is 5.32. The first kappa shape index (κ1) is 22.1. The van der Waals surface area contributed by atoms with Crippen molar-refractivity contribution < 1.29 is 18.3 Å². The number of benzene rings is 2. The maximum atomic E-state index is 13.0. The van der Waals surface area contributed by atoms with Gasteiger partial charge in [0.2, 0.25) is 17.5 Å². The van der Waals surface area contributed by atoms with Crippen molar-refractivity contribution in [2.24, 2.45) is 0 Å². The van der Waals surface area contributed by atoms with Crippen LogP contribution in [0.5, 0.6) is 5.75 Å². The van der Waals surface area contributed by atoms with Crippen molar-refractivity contribution in [3.05, 3.63) is 77.1 Å². The Hall–Kier alpha value is -4.12. The van der Waals surface area contributed by atoms with Gasteiger partial charge in [0, 0.05) is 32.3 Å². The maximum absolute atomic E-state index is 13.0. The summed E-state index contributed by atoms with van der Waals surface area (Å²) in [5.41, 5.74) is 2.11. The van der Waals surface area contributed by atoms with Crippen LogP contribution in [0, 0.1) is 24.1 Å². The van der Waals surface area contributed by atoms with E-state index in [9.17, 15) is 14.4 Å². The molecule has 0 bridgehead atoms. The predicted octanol–water partition coefficient (Wildman–Crippen LogP) is 3.89. The predicted molar refractivity (Wildman–Crippen MR) is 122 cm³/mol. The number of piperazine rings is 1. The minimum absolute atomic E-state index is 0.0207. The van der Waals surface area contributed by atoms with Gasteiger partial charge in [0.05, 0.1) is 0 Å². The van der Waals surface area contributed by atoms with Crippen molar-refractivity contribution in [2.45, 2.75) is 6.92 Å². The molecule has 2 aromatic carbocycles. The van der Waals surface area contributed by atoms with Gasteiger partial charge in [-0.3, -0.25) is 4.79 Å². The third-order valence-corrected chi connectivity index (χ3v) is 5.32. The Morgan fingerprint density at radius 3 is 2.48 bits per heavy atom. The summed E-state index contributed by atoms with van der Waals surface area (Å²) in [5, 5.41) is 9.47. The molecule has 8 heteroatoms. The number of anilines is 1. The molecule has 0 atom stereocenters. The van der Waals surface area contributed by atoms with E-state index in [4.69, 9.17) is 9.15 Å². The summed E-state index contributed by atoms with van der Waals surface area (Å²) in [6.07, 6.45) is 3.38. The molecule has 4 rings (SSSR count). The fraction of sp³-hybridized carbons (Fsp3) is 0.240. The quantitative estimate of drug-likeness (QED) is 0.571. The summed E-state index contributed by atoms with van der Waals surface area (Å²) < 4.78 is 24.4. The molecular weight excluding hydrogens is 423 g/mol. The number of halogens is 1. The monoisotopic (exact) mass is 446 g/mol. The molecule has 0 spiro atoms. The Kier molecular flexibility index (Phi) is 6.69. The molecule has 1 fully saturated rings. The van der Waals surface area contributed by atoms with Crippen molar-refractivity contribution >= 4 is 23.9 Å². The van der Waals surface area contributed by atoms with Crippen molar-refractivity contribution in [1.29, 1.82) is 5.26 Å². The highest BCUT2D eigenvalue weighted by atomic mass is 19.1. The molecule has 33 heavy (non-hydrogen) atoms. The smallest absolute Gasteiger partial charge is 0.260 e. The molecule has 7 nitrogen and oxygen atoms in total. The Balaban J connectivity index is 1.34. The van der Waals surface area contributed by atoms with Crippen LogP contribution >= 0.6 is 0 Å². The van der Waals surface area contributed by atoms with Gasteiger partial charge in [-0.2, -0.15) is 10.2 Å². The van der Waals surface area contributed by atoms with Crippen LogP contribution in [0.3, 0.4) is 0 Å². The molecule has 0 N–H and O–H groups in total. The number of hydrogen-bond acceptors (Lipinski definition) is 6. The lowest BCUT2D eigenvalue weighted by molar-refractivity contribution is -0.133. The third kappa shape index (κ3) is 5.57. The van der Waals surface area contributed by atoms with Crippen LogP contribution in [0.2, 0.25) is 0 Å². The molecule has 0 unspecified atom stereocenters. The van der Waals surface area contributed by atoms with Gasteiger partial charge in [0.15, 0.2) is 6.61 Å². The average molecular weight is 446 g/mol. The Labute approximate surface area is 191 Å². The van der Waals surface area contributed by atoms with Gasteiger partial charge in [0.1, 0.15) is 17.6 Å². The molecule has 1 amide bonds.